The molecule has 19 heteroatoms. The molecule has 4 fully saturated rings. The van der Waals surface area contributed by atoms with Gasteiger partial charge in [0.25, 0.3) is 11.5 Å². The van der Waals surface area contributed by atoms with Gasteiger partial charge in [0.15, 0.2) is 12.4 Å². The number of fused-ring (bicyclic) bond motifs is 4. The van der Waals surface area contributed by atoms with Crippen LogP contribution in [0.1, 0.15) is 68.0 Å². The van der Waals surface area contributed by atoms with E-state index in [1.54, 1.807) is 29.9 Å². The number of amides is 2. The van der Waals surface area contributed by atoms with Crippen molar-refractivity contribution in [2.75, 3.05) is 54.9 Å². The van der Waals surface area contributed by atoms with E-state index in [9.17, 15) is 14.4 Å². The highest BCUT2D eigenvalue weighted by atomic mass is 35.5. The second kappa shape index (κ2) is 15.6. The van der Waals surface area contributed by atoms with Gasteiger partial charge < -0.3 is 29.7 Å². The molecule has 3 aromatic heterocycles. The van der Waals surface area contributed by atoms with Crippen molar-refractivity contribution >= 4 is 68.4 Å². The summed E-state index contributed by atoms with van der Waals surface area (Å²) in [5.74, 6) is -8.01. The maximum Gasteiger partial charge on any atom is 0.301 e. The summed E-state index contributed by atoms with van der Waals surface area (Å²) in [6, 6.07) is 10.1. The maximum atomic E-state index is 16.0. The Balaban J connectivity index is 0.791. The quantitative estimate of drug-likeness (QED) is 0.113. The molecular weight excluding hydrogens is 844 g/mol. The predicted octanol–water partition coefficient (Wildman–Crippen LogP) is 6.69. The number of carbonyl (C=O) groups excluding carboxylic acids is 2. The number of rotatable bonds is 8. The van der Waals surface area contributed by atoms with E-state index in [4.69, 9.17) is 16.3 Å². The molecule has 2 amide bonds. The zero-order valence-corrected chi connectivity index (χ0v) is 35.5. The molecule has 0 radical (unpaired) electrons. The average molecular weight is 891 g/mol. The molecule has 63 heavy (non-hydrogen) atoms. The van der Waals surface area contributed by atoms with E-state index >= 15 is 17.6 Å². The number of hydrogen-bond acceptors (Lipinski definition) is 11. The van der Waals surface area contributed by atoms with Crippen LogP contribution in [0.3, 0.4) is 0 Å². The lowest BCUT2D eigenvalue weighted by Gasteiger charge is -2.41. The summed E-state index contributed by atoms with van der Waals surface area (Å²) in [7, 11) is 3.40. The number of ether oxygens (including phenoxy) is 1. The van der Waals surface area contributed by atoms with Crippen molar-refractivity contribution in [1.82, 2.24) is 34.5 Å². The highest BCUT2D eigenvalue weighted by Crippen LogP contribution is 2.46. The Morgan fingerprint density at radius 3 is 2.46 bits per heavy atom. The molecule has 332 valence electrons. The van der Waals surface area contributed by atoms with Gasteiger partial charge in [-0.2, -0.15) is 10.1 Å². The summed E-state index contributed by atoms with van der Waals surface area (Å²) in [5, 5.41) is 14.7. The van der Waals surface area contributed by atoms with Crippen molar-refractivity contribution in [3.8, 4) is 5.75 Å². The van der Waals surface area contributed by atoms with E-state index < -0.39 is 48.4 Å². The van der Waals surface area contributed by atoms with Crippen LogP contribution in [-0.4, -0.2) is 98.2 Å². The molecule has 1 saturated carbocycles. The minimum Gasteiger partial charge on any atom is -0.480 e. The lowest BCUT2D eigenvalue weighted by Crippen LogP contribution is -2.53. The van der Waals surface area contributed by atoms with Crippen molar-refractivity contribution in [2.24, 2.45) is 25.9 Å². The predicted molar refractivity (Wildman–Crippen MR) is 230 cm³/mol. The number of aromatic nitrogens is 5. The summed E-state index contributed by atoms with van der Waals surface area (Å²) in [6.45, 7) is 0.491. The molecule has 7 heterocycles. The molecule has 0 spiro atoms. The van der Waals surface area contributed by atoms with Crippen molar-refractivity contribution < 1.29 is 31.9 Å². The number of nitrogens with zero attached hydrogens (tertiary/aromatic N) is 7. The van der Waals surface area contributed by atoms with Gasteiger partial charge in [0.2, 0.25) is 23.5 Å². The van der Waals surface area contributed by atoms with Crippen LogP contribution >= 0.6 is 11.6 Å². The number of benzene rings is 2. The summed E-state index contributed by atoms with van der Waals surface area (Å²) >= 11 is 6.54. The Kier molecular flexibility index (Phi) is 10.3. The largest absolute Gasteiger partial charge is 0.480 e. The summed E-state index contributed by atoms with van der Waals surface area (Å²) in [4.78, 5) is 50.0. The van der Waals surface area contributed by atoms with Crippen LogP contribution < -0.4 is 31.1 Å². The molecule has 10 rings (SSSR count). The van der Waals surface area contributed by atoms with Crippen LogP contribution in [0.2, 0.25) is 5.02 Å². The van der Waals surface area contributed by atoms with Gasteiger partial charge in [-0.05, 0) is 93.3 Å². The number of anilines is 4. The first-order chi connectivity index (χ1) is 30.1. The second-order valence-electron chi connectivity index (χ2n) is 17.8. The van der Waals surface area contributed by atoms with E-state index in [-0.39, 0.29) is 71.3 Å². The van der Waals surface area contributed by atoms with E-state index in [1.165, 1.54) is 15.7 Å². The number of piperidine rings is 3. The molecule has 5 aliphatic rings. The van der Waals surface area contributed by atoms with E-state index in [1.807, 2.05) is 13.1 Å². The number of nitrogens with one attached hydrogen (secondary N) is 3. The minimum atomic E-state index is -3.19. The normalized spacial score (nSPS) is 24.1. The monoisotopic (exact) mass is 890 g/mol. The van der Waals surface area contributed by atoms with Gasteiger partial charge in [-0.15, -0.1) is 0 Å². The first-order valence-electron chi connectivity index (χ1n) is 21.5. The molecule has 3 unspecified atom stereocenters. The van der Waals surface area contributed by atoms with Crippen LogP contribution in [0.15, 0.2) is 47.4 Å². The summed E-state index contributed by atoms with van der Waals surface area (Å²) < 4.78 is 70.9. The van der Waals surface area contributed by atoms with Crippen molar-refractivity contribution in [3.05, 3.63) is 69.2 Å². The number of alkyl halides is 4. The van der Waals surface area contributed by atoms with E-state index in [0.717, 1.165) is 29.3 Å². The minimum absolute atomic E-state index is 0.0945. The molecule has 5 aromatic rings. The molecule has 3 atom stereocenters. The lowest BCUT2D eigenvalue weighted by atomic mass is 9.86. The Bertz CT molecular complexity index is 2720. The van der Waals surface area contributed by atoms with Crippen molar-refractivity contribution in [1.29, 1.82) is 0 Å². The number of pyridine rings is 1. The fourth-order valence-electron chi connectivity index (χ4n) is 9.93. The van der Waals surface area contributed by atoms with Crippen molar-refractivity contribution in [3.63, 3.8) is 0 Å². The smallest absolute Gasteiger partial charge is 0.301 e. The zero-order chi connectivity index (χ0) is 43.9. The second-order valence-corrected chi connectivity index (χ2v) is 18.2. The number of aryl methyl sites for hydroxylation is 2. The zero-order valence-electron chi connectivity index (χ0n) is 34.8. The van der Waals surface area contributed by atoms with Crippen LogP contribution in [0.25, 0.3) is 21.8 Å². The first kappa shape index (κ1) is 41.5. The van der Waals surface area contributed by atoms with Crippen LogP contribution in [0, 0.1) is 11.8 Å². The maximum absolute atomic E-state index is 16.0. The molecule has 3 N–H and O–H groups in total. The van der Waals surface area contributed by atoms with Gasteiger partial charge in [-0.1, -0.05) is 23.7 Å². The van der Waals surface area contributed by atoms with Crippen molar-refractivity contribution in [2.45, 2.75) is 74.7 Å². The number of imide groups is 1. The van der Waals surface area contributed by atoms with Crippen LogP contribution in [0.5, 0.6) is 5.75 Å². The van der Waals surface area contributed by atoms with Gasteiger partial charge in [0, 0.05) is 56.0 Å². The Morgan fingerprint density at radius 1 is 0.921 bits per heavy atom. The first-order valence-corrected chi connectivity index (χ1v) is 21.9. The SMILES string of the molecule is Cn1nc(C2CCC(=O)NC2=O)c2ccc(C3CCN(CC4CCN(c5ncc(Cl)c(Nc6ccc7c(c6)c6c(c(=O)n7C)OCC(F)(F)C(C7CC7)N6)n5)CC4(F)F)CC3)cc21. The number of likely N-dealkylation sites (tertiary alicyclic amines) is 1. The molecule has 1 aliphatic carbocycles. The lowest BCUT2D eigenvalue weighted by molar-refractivity contribution is -0.134. The third kappa shape index (κ3) is 7.72. The summed E-state index contributed by atoms with van der Waals surface area (Å²) in [6.07, 6.45) is 5.25. The topological polar surface area (TPSA) is 152 Å². The van der Waals surface area contributed by atoms with Gasteiger partial charge in [-0.3, -0.25) is 24.4 Å². The fourth-order valence-corrected chi connectivity index (χ4v) is 10.1. The van der Waals surface area contributed by atoms with E-state index in [2.05, 4.69) is 48.0 Å². The van der Waals surface area contributed by atoms with Gasteiger partial charge >= 0.3 is 5.92 Å². The third-order valence-electron chi connectivity index (χ3n) is 13.6. The number of halogens is 5. The molecule has 4 aliphatic heterocycles. The highest BCUT2D eigenvalue weighted by molar-refractivity contribution is 6.33. The fraction of sp³-hybridized carbons (Fsp3) is 0.500. The Morgan fingerprint density at radius 2 is 1.71 bits per heavy atom. The highest BCUT2D eigenvalue weighted by Gasteiger charge is 2.51. The standard InChI is InChI=1S/C44H47ClF4N10O4/c1-56-32-9-6-27(18-30(32)36-37(41(56)62)63-22-44(48,49)38(53-36)24-3-4-24)51-39-31(45)19-50-42(54-39)59-16-13-26(43(46,47)21-59)20-58-14-11-23(12-15-58)25-5-7-28-33(17-25)57(2)55-35(28)29-8-10-34(60)52-40(29)61/h5-7,9,17-19,23-24,26,29,38,53H,3-4,8,10-16,20-22H2,1-2H3,(H,50,51,54)(H,52,60,61). The van der Waals surface area contributed by atoms with Gasteiger partial charge in [0.1, 0.15) is 5.02 Å². The van der Waals surface area contributed by atoms with Crippen LogP contribution in [0.4, 0.5) is 40.7 Å². The number of hydrogen-bond donors (Lipinski definition) is 3. The van der Waals surface area contributed by atoms with Gasteiger partial charge in [0.05, 0.1) is 47.1 Å². The van der Waals surface area contributed by atoms with E-state index in [0.29, 0.717) is 61.2 Å². The Labute approximate surface area is 364 Å². The molecular formula is C44H47ClF4N10O4. The molecule has 2 aromatic carbocycles. The van der Waals surface area contributed by atoms with Crippen LogP contribution in [-0.2, 0) is 23.7 Å². The third-order valence-corrected chi connectivity index (χ3v) is 13.9. The molecule has 3 saturated heterocycles. The molecule has 14 nitrogen and oxygen atoms in total. The summed E-state index contributed by atoms with van der Waals surface area (Å²) in [5.41, 5.74) is 3.37. The average Bonchev–Trinajstić information content (AvgIpc) is 4.06. The molecule has 0 bridgehead atoms. The number of carbonyl (C=O) groups is 2. The Hall–Kier alpha value is -5.49. The van der Waals surface area contributed by atoms with Gasteiger partial charge in [-0.25, -0.2) is 22.5 Å².